The second-order valence-corrected chi connectivity index (χ2v) is 9.77. The molecule has 1 N–H and O–H groups in total. The van der Waals surface area contributed by atoms with Gasteiger partial charge in [-0.3, -0.25) is 4.79 Å². The average Bonchev–Trinajstić information content (AvgIpc) is 2.77. The van der Waals surface area contributed by atoms with Gasteiger partial charge in [0.15, 0.2) is 6.61 Å². The van der Waals surface area contributed by atoms with Crippen molar-refractivity contribution >= 4 is 15.9 Å². The van der Waals surface area contributed by atoms with Gasteiger partial charge in [-0.2, -0.15) is 0 Å². The Bertz CT molecular complexity index is 919. The van der Waals surface area contributed by atoms with Crippen molar-refractivity contribution in [2.24, 2.45) is 5.92 Å². The molecule has 0 aromatic heterocycles. The molecule has 1 saturated heterocycles. The molecule has 0 radical (unpaired) electrons. The first-order chi connectivity index (χ1) is 14.3. The first-order valence-corrected chi connectivity index (χ1v) is 11.9. The molecule has 1 aliphatic rings. The van der Waals surface area contributed by atoms with Gasteiger partial charge in [0.05, 0.1) is 4.90 Å². The quantitative estimate of drug-likeness (QED) is 0.696. The average molecular weight is 431 g/mol. The molecule has 0 unspecified atom stereocenters. The lowest BCUT2D eigenvalue weighted by Gasteiger charge is -2.32. The maximum Gasteiger partial charge on any atom is 0.260 e. The summed E-state index contributed by atoms with van der Waals surface area (Å²) in [6.45, 7) is 5.79. The molecule has 30 heavy (non-hydrogen) atoms. The van der Waals surface area contributed by atoms with Crippen molar-refractivity contribution in [1.82, 2.24) is 9.62 Å². The summed E-state index contributed by atoms with van der Waals surface area (Å²) < 4.78 is 33.4. The summed E-state index contributed by atoms with van der Waals surface area (Å²) in [6, 6.07) is 16.3. The van der Waals surface area contributed by atoms with Gasteiger partial charge < -0.3 is 9.64 Å². The van der Waals surface area contributed by atoms with Crippen molar-refractivity contribution in [2.75, 3.05) is 26.2 Å². The van der Waals surface area contributed by atoms with E-state index in [0.29, 0.717) is 31.3 Å². The highest BCUT2D eigenvalue weighted by molar-refractivity contribution is 7.89. The number of amides is 1. The van der Waals surface area contributed by atoms with E-state index in [1.165, 1.54) is 0 Å². The number of hydrogen-bond acceptors (Lipinski definition) is 4. The van der Waals surface area contributed by atoms with Gasteiger partial charge in [-0.15, -0.1) is 0 Å². The molecule has 0 spiro atoms. The van der Waals surface area contributed by atoms with Crippen LogP contribution in [0.25, 0.3) is 0 Å². The van der Waals surface area contributed by atoms with Gasteiger partial charge in [-0.25, -0.2) is 13.1 Å². The molecule has 6 nitrogen and oxygen atoms in total. The predicted octanol–water partition coefficient (Wildman–Crippen LogP) is 3.41. The Morgan fingerprint density at radius 3 is 2.30 bits per heavy atom. The minimum Gasteiger partial charge on any atom is -0.484 e. The lowest BCUT2D eigenvalue weighted by atomic mass is 9.97. The second-order valence-electron chi connectivity index (χ2n) is 8.00. The molecule has 1 aliphatic heterocycles. The molecular formula is C23H30N2O4S. The molecule has 0 atom stereocenters. The molecule has 2 aromatic carbocycles. The summed E-state index contributed by atoms with van der Waals surface area (Å²) in [5.41, 5.74) is 1.11. The van der Waals surface area contributed by atoms with Gasteiger partial charge in [-0.05, 0) is 54.5 Å². The number of hydrogen-bond donors (Lipinski definition) is 1. The van der Waals surface area contributed by atoms with Gasteiger partial charge in [-0.1, -0.05) is 44.2 Å². The highest BCUT2D eigenvalue weighted by Gasteiger charge is 2.24. The van der Waals surface area contributed by atoms with Gasteiger partial charge in [0.25, 0.3) is 5.91 Å². The fourth-order valence-corrected chi connectivity index (χ4v) is 4.60. The molecule has 7 heteroatoms. The Balaban J connectivity index is 1.43. The Morgan fingerprint density at radius 1 is 1.07 bits per heavy atom. The number of nitrogens with one attached hydrogen (secondary N) is 1. The molecule has 1 fully saturated rings. The zero-order valence-corrected chi connectivity index (χ0v) is 18.4. The number of carbonyl (C=O) groups excluding carboxylic acids is 1. The van der Waals surface area contributed by atoms with E-state index >= 15 is 0 Å². The largest absolute Gasteiger partial charge is 0.484 e. The lowest BCUT2D eigenvalue weighted by Crippen LogP contribution is -2.43. The number of carbonyl (C=O) groups is 1. The Kier molecular flexibility index (Phi) is 7.50. The Morgan fingerprint density at radius 2 is 1.70 bits per heavy atom. The monoisotopic (exact) mass is 430 g/mol. The van der Waals surface area contributed by atoms with Crippen LogP contribution < -0.4 is 9.46 Å². The van der Waals surface area contributed by atoms with Crippen LogP contribution in [0.15, 0.2) is 59.5 Å². The van der Waals surface area contributed by atoms with E-state index in [0.717, 1.165) is 18.4 Å². The molecule has 1 heterocycles. The Hall–Kier alpha value is -2.38. The van der Waals surface area contributed by atoms with E-state index in [1.807, 2.05) is 42.5 Å². The molecule has 162 valence electrons. The highest BCUT2D eigenvalue weighted by atomic mass is 32.2. The van der Waals surface area contributed by atoms with Crippen LogP contribution in [-0.4, -0.2) is 45.5 Å². The smallest absolute Gasteiger partial charge is 0.260 e. The van der Waals surface area contributed by atoms with E-state index in [4.69, 9.17) is 4.74 Å². The number of nitrogens with zero attached hydrogens (tertiary/aromatic N) is 1. The van der Waals surface area contributed by atoms with Gasteiger partial charge >= 0.3 is 0 Å². The summed E-state index contributed by atoms with van der Waals surface area (Å²) in [6.07, 6.45) is 1.54. The second kappa shape index (κ2) is 10.1. The third kappa shape index (κ3) is 6.06. The van der Waals surface area contributed by atoms with Crippen LogP contribution in [0.4, 0.5) is 0 Å². The van der Waals surface area contributed by atoms with E-state index < -0.39 is 10.0 Å². The summed E-state index contributed by atoms with van der Waals surface area (Å²) in [7, 11) is -3.52. The number of benzene rings is 2. The van der Waals surface area contributed by atoms with Crippen LogP contribution in [0.5, 0.6) is 5.75 Å². The van der Waals surface area contributed by atoms with Crippen molar-refractivity contribution in [2.45, 2.75) is 37.5 Å². The van der Waals surface area contributed by atoms with Crippen LogP contribution >= 0.6 is 0 Å². The van der Waals surface area contributed by atoms with E-state index in [-0.39, 0.29) is 23.3 Å². The van der Waals surface area contributed by atoms with Crippen molar-refractivity contribution in [3.05, 3.63) is 60.2 Å². The molecule has 0 saturated carbocycles. The van der Waals surface area contributed by atoms with Crippen LogP contribution in [0.1, 0.15) is 38.2 Å². The third-order valence-corrected chi connectivity index (χ3v) is 6.93. The first-order valence-electron chi connectivity index (χ1n) is 10.4. The zero-order chi connectivity index (χ0) is 21.6. The van der Waals surface area contributed by atoms with E-state index in [1.54, 1.807) is 17.0 Å². The number of sulfonamides is 1. The van der Waals surface area contributed by atoms with Crippen molar-refractivity contribution in [3.8, 4) is 5.75 Å². The molecule has 0 aliphatic carbocycles. The number of likely N-dealkylation sites (tertiary alicyclic amines) is 1. The van der Waals surface area contributed by atoms with Crippen molar-refractivity contribution in [1.29, 1.82) is 0 Å². The van der Waals surface area contributed by atoms with E-state index in [2.05, 4.69) is 18.6 Å². The summed E-state index contributed by atoms with van der Waals surface area (Å²) in [5.74, 6) is 1.22. The molecule has 2 aromatic rings. The fourth-order valence-electron chi connectivity index (χ4n) is 3.48. The van der Waals surface area contributed by atoms with Gasteiger partial charge in [0.1, 0.15) is 5.75 Å². The SMILES string of the molecule is CC(C)c1ccc(S(=O)(=O)NCC2CCN(C(=O)COc3ccccc3)CC2)cc1. The molecular weight excluding hydrogens is 400 g/mol. The topological polar surface area (TPSA) is 75.7 Å². The number of ether oxygens (including phenoxy) is 1. The molecule has 3 rings (SSSR count). The lowest BCUT2D eigenvalue weighted by molar-refractivity contribution is -0.134. The van der Waals surface area contributed by atoms with Crippen LogP contribution in [-0.2, 0) is 14.8 Å². The number of piperidine rings is 1. The highest BCUT2D eigenvalue weighted by Crippen LogP contribution is 2.20. The standard InChI is InChI=1S/C23H30N2O4S/c1-18(2)20-8-10-22(11-9-20)30(27,28)24-16-19-12-14-25(15-13-19)23(26)17-29-21-6-4-3-5-7-21/h3-11,18-19,24H,12-17H2,1-2H3. The Labute approximate surface area is 179 Å². The predicted molar refractivity (Wildman–Crippen MR) is 117 cm³/mol. The van der Waals surface area contributed by atoms with Crippen LogP contribution in [0, 0.1) is 5.92 Å². The minimum absolute atomic E-state index is 0.0215. The minimum atomic E-state index is -3.52. The third-order valence-electron chi connectivity index (χ3n) is 5.49. The van der Waals surface area contributed by atoms with Crippen molar-refractivity contribution in [3.63, 3.8) is 0 Å². The number of rotatable bonds is 8. The fraction of sp³-hybridized carbons (Fsp3) is 0.435. The molecule has 1 amide bonds. The molecule has 0 bridgehead atoms. The maximum atomic E-state index is 12.6. The maximum absolute atomic E-state index is 12.6. The summed E-state index contributed by atoms with van der Waals surface area (Å²) >= 11 is 0. The summed E-state index contributed by atoms with van der Waals surface area (Å²) in [5, 5.41) is 0. The first kappa shape index (κ1) is 22.3. The summed E-state index contributed by atoms with van der Waals surface area (Å²) in [4.78, 5) is 14.4. The van der Waals surface area contributed by atoms with Crippen LogP contribution in [0.2, 0.25) is 0 Å². The van der Waals surface area contributed by atoms with Crippen molar-refractivity contribution < 1.29 is 17.9 Å². The normalized spacial score (nSPS) is 15.4. The van der Waals surface area contributed by atoms with Gasteiger partial charge in [0, 0.05) is 19.6 Å². The number of para-hydroxylation sites is 1. The zero-order valence-electron chi connectivity index (χ0n) is 17.6. The van der Waals surface area contributed by atoms with Crippen LogP contribution in [0.3, 0.4) is 0 Å². The van der Waals surface area contributed by atoms with E-state index in [9.17, 15) is 13.2 Å². The van der Waals surface area contributed by atoms with Gasteiger partial charge in [0.2, 0.25) is 10.0 Å².